The molecule has 0 bridgehead atoms. The first kappa shape index (κ1) is 12.5. The number of hydrogen-bond donors (Lipinski definition) is 2. The smallest absolute Gasteiger partial charge is 0.204 e. The largest absolute Gasteiger partial charge is 0.356 e. The van der Waals surface area contributed by atoms with Crippen LogP contribution in [0.15, 0.2) is 16.6 Å². The number of rotatable bonds is 5. The summed E-state index contributed by atoms with van der Waals surface area (Å²) in [6.45, 7) is 0.812. The minimum Gasteiger partial charge on any atom is -0.356 e. The zero-order valence-electron chi connectivity index (χ0n) is 9.23. The molecule has 0 fully saturated rings. The Hall–Kier alpha value is -1.61. The van der Waals surface area contributed by atoms with Gasteiger partial charge in [0.15, 0.2) is 6.19 Å². The Morgan fingerprint density at radius 1 is 1.62 bits per heavy atom. The van der Waals surface area contributed by atoms with Gasteiger partial charge in [-0.2, -0.15) is 5.26 Å². The van der Waals surface area contributed by atoms with Crippen LogP contribution < -0.4 is 10.6 Å². The monoisotopic (exact) mass is 237 g/mol. The molecular weight excluding hydrogens is 222 g/mol. The molecule has 1 aromatic heterocycles. The van der Waals surface area contributed by atoms with Gasteiger partial charge < -0.3 is 5.32 Å². The fourth-order valence-electron chi connectivity index (χ4n) is 1.22. The van der Waals surface area contributed by atoms with E-state index in [1.54, 1.807) is 18.4 Å². The van der Waals surface area contributed by atoms with Gasteiger partial charge in [-0.25, -0.2) is 4.98 Å². The van der Waals surface area contributed by atoms with Gasteiger partial charge in [-0.3, -0.25) is 10.3 Å². The molecule has 2 N–H and O–H groups in total. The summed E-state index contributed by atoms with van der Waals surface area (Å²) in [4.78, 5) is 8.10. The number of hydrogen-bond acceptors (Lipinski definition) is 4. The third kappa shape index (κ3) is 4.75. The van der Waals surface area contributed by atoms with Crippen molar-refractivity contribution in [2.75, 3.05) is 13.6 Å². The van der Waals surface area contributed by atoms with E-state index in [4.69, 9.17) is 5.26 Å². The number of aromatic nitrogens is 1. The number of unbranched alkanes of at least 4 members (excludes halogenated alkanes) is 1. The van der Waals surface area contributed by atoms with Crippen molar-refractivity contribution in [3.8, 4) is 6.19 Å². The molecule has 0 saturated carbocycles. The van der Waals surface area contributed by atoms with Gasteiger partial charge in [0.25, 0.3) is 0 Å². The van der Waals surface area contributed by atoms with Gasteiger partial charge in [-0.1, -0.05) is 0 Å². The number of guanidine groups is 1. The molecule has 1 heterocycles. The van der Waals surface area contributed by atoms with Crippen LogP contribution in [0.25, 0.3) is 0 Å². The molecule has 0 unspecified atom stereocenters. The summed E-state index contributed by atoms with van der Waals surface area (Å²) in [5.41, 5.74) is 0. The van der Waals surface area contributed by atoms with Crippen LogP contribution in [0.4, 0.5) is 0 Å². The zero-order valence-corrected chi connectivity index (χ0v) is 10.0. The van der Waals surface area contributed by atoms with Crippen molar-refractivity contribution >= 4 is 17.3 Å². The Kier molecular flexibility index (Phi) is 5.96. The average molecular weight is 237 g/mol. The van der Waals surface area contributed by atoms with Crippen LogP contribution in [0.5, 0.6) is 0 Å². The van der Waals surface area contributed by atoms with Crippen LogP contribution in [-0.2, 0) is 6.42 Å². The molecule has 0 spiro atoms. The summed E-state index contributed by atoms with van der Waals surface area (Å²) in [5.74, 6) is 0.525. The molecule has 0 aliphatic heterocycles. The number of thiazole rings is 1. The fourth-order valence-corrected chi connectivity index (χ4v) is 1.88. The molecule has 5 nitrogen and oxygen atoms in total. The summed E-state index contributed by atoms with van der Waals surface area (Å²) in [7, 11) is 1.64. The maximum absolute atomic E-state index is 8.41. The summed E-state index contributed by atoms with van der Waals surface area (Å²) in [5, 5.41) is 17.1. The van der Waals surface area contributed by atoms with E-state index >= 15 is 0 Å². The number of aliphatic imine (C=N–C) groups is 1. The second kappa shape index (κ2) is 7.65. The lowest BCUT2D eigenvalue weighted by molar-refractivity contribution is 0.701. The van der Waals surface area contributed by atoms with Gasteiger partial charge >= 0.3 is 0 Å². The van der Waals surface area contributed by atoms with Gasteiger partial charge in [0.05, 0.1) is 5.01 Å². The Bertz CT molecular complexity index is 352. The first-order valence-corrected chi connectivity index (χ1v) is 5.99. The van der Waals surface area contributed by atoms with E-state index in [9.17, 15) is 0 Å². The van der Waals surface area contributed by atoms with Crippen molar-refractivity contribution in [3.63, 3.8) is 0 Å². The van der Waals surface area contributed by atoms with E-state index in [0.29, 0.717) is 5.96 Å². The van der Waals surface area contributed by atoms with E-state index < -0.39 is 0 Å². The molecular formula is C10H15N5S. The Balaban J connectivity index is 2.06. The van der Waals surface area contributed by atoms with Crippen molar-refractivity contribution in [2.45, 2.75) is 19.3 Å². The number of nitriles is 1. The van der Waals surface area contributed by atoms with E-state index in [2.05, 4.69) is 20.6 Å². The van der Waals surface area contributed by atoms with Crippen molar-refractivity contribution in [1.82, 2.24) is 15.6 Å². The van der Waals surface area contributed by atoms with Gasteiger partial charge in [-0.15, -0.1) is 11.3 Å². The maximum Gasteiger partial charge on any atom is 0.204 e. The van der Waals surface area contributed by atoms with Crippen LogP contribution in [0, 0.1) is 11.5 Å². The van der Waals surface area contributed by atoms with Crippen molar-refractivity contribution in [1.29, 1.82) is 5.26 Å². The lowest BCUT2D eigenvalue weighted by Gasteiger charge is -2.05. The van der Waals surface area contributed by atoms with Gasteiger partial charge in [0.1, 0.15) is 0 Å². The molecule has 0 aromatic carbocycles. The molecule has 0 radical (unpaired) electrons. The zero-order chi connectivity index (χ0) is 11.6. The van der Waals surface area contributed by atoms with E-state index in [1.165, 1.54) is 5.01 Å². The van der Waals surface area contributed by atoms with Crippen LogP contribution in [0.3, 0.4) is 0 Å². The minimum atomic E-state index is 0.525. The van der Waals surface area contributed by atoms with E-state index in [0.717, 1.165) is 25.8 Å². The molecule has 16 heavy (non-hydrogen) atoms. The van der Waals surface area contributed by atoms with Crippen LogP contribution in [-0.4, -0.2) is 24.5 Å². The highest BCUT2D eigenvalue weighted by Gasteiger charge is 1.97. The predicted molar refractivity (Wildman–Crippen MR) is 65.2 cm³/mol. The topological polar surface area (TPSA) is 73.1 Å². The first-order chi connectivity index (χ1) is 7.86. The molecule has 0 amide bonds. The van der Waals surface area contributed by atoms with E-state index in [1.807, 2.05) is 17.8 Å². The lowest BCUT2D eigenvalue weighted by Crippen LogP contribution is -2.34. The standard InChI is InChI=1S/C10H15N5S/c1-12-10(15-8-11)14-5-3-2-4-9-13-6-7-16-9/h6-7H,2-5H2,1H3,(H2,12,14,15). The van der Waals surface area contributed by atoms with Crippen LogP contribution in [0.2, 0.25) is 0 Å². The third-order valence-electron chi connectivity index (χ3n) is 1.99. The highest BCUT2D eigenvalue weighted by atomic mass is 32.1. The molecule has 0 aliphatic carbocycles. The molecule has 0 saturated heterocycles. The molecule has 1 aromatic rings. The molecule has 86 valence electrons. The quantitative estimate of drug-likeness (QED) is 0.264. The van der Waals surface area contributed by atoms with E-state index in [-0.39, 0.29) is 0 Å². The normalized spacial score (nSPS) is 10.9. The van der Waals surface area contributed by atoms with Gasteiger partial charge in [0, 0.05) is 25.2 Å². The number of nitrogens with one attached hydrogen (secondary N) is 2. The van der Waals surface area contributed by atoms with Crippen molar-refractivity contribution < 1.29 is 0 Å². The second-order valence-electron chi connectivity index (χ2n) is 3.12. The third-order valence-corrected chi connectivity index (χ3v) is 2.83. The molecule has 6 heteroatoms. The Morgan fingerprint density at radius 3 is 3.12 bits per heavy atom. The summed E-state index contributed by atoms with van der Waals surface area (Å²) in [6.07, 6.45) is 6.80. The Labute approximate surface area is 99.2 Å². The highest BCUT2D eigenvalue weighted by Crippen LogP contribution is 2.07. The number of nitrogens with zero attached hydrogens (tertiary/aromatic N) is 3. The van der Waals surface area contributed by atoms with Crippen LogP contribution in [0.1, 0.15) is 17.8 Å². The second-order valence-corrected chi connectivity index (χ2v) is 4.10. The SMILES string of the molecule is CN=C(NC#N)NCCCCc1nccs1. The van der Waals surface area contributed by atoms with Gasteiger partial charge in [-0.05, 0) is 19.3 Å². The van der Waals surface area contributed by atoms with Crippen molar-refractivity contribution in [3.05, 3.63) is 16.6 Å². The summed E-state index contributed by atoms with van der Waals surface area (Å²) in [6, 6.07) is 0. The average Bonchev–Trinajstić information content (AvgIpc) is 2.80. The van der Waals surface area contributed by atoms with Crippen molar-refractivity contribution in [2.24, 2.45) is 4.99 Å². The Morgan fingerprint density at radius 2 is 2.50 bits per heavy atom. The lowest BCUT2D eigenvalue weighted by atomic mass is 10.2. The van der Waals surface area contributed by atoms with Crippen LogP contribution >= 0.6 is 11.3 Å². The summed E-state index contributed by atoms with van der Waals surface area (Å²) >= 11 is 1.69. The molecule has 0 aliphatic rings. The molecule has 1 rings (SSSR count). The summed E-state index contributed by atoms with van der Waals surface area (Å²) < 4.78 is 0. The fraction of sp³-hybridized carbons (Fsp3) is 0.500. The maximum atomic E-state index is 8.41. The highest BCUT2D eigenvalue weighted by molar-refractivity contribution is 7.09. The minimum absolute atomic E-state index is 0.525. The first-order valence-electron chi connectivity index (χ1n) is 5.11. The molecule has 0 atom stereocenters. The van der Waals surface area contributed by atoms with Gasteiger partial charge in [0.2, 0.25) is 5.96 Å². The number of aryl methyl sites for hydroxylation is 1. The predicted octanol–water partition coefficient (Wildman–Crippen LogP) is 1.11.